The number of hydrogen-bond acceptors (Lipinski definition) is 3. The molecule has 3 rings (SSSR count). The molecular formula is C18H23NO3. The van der Waals surface area contributed by atoms with E-state index in [0.717, 1.165) is 41.5 Å². The van der Waals surface area contributed by atoms with Crippen LogP contribution in [0.4, 0.5) is 0 Å². The number of rotatable bonds is 2. The van der Waals surface area contributed by atoms with Crippen LogP contribution in [0.3, 0.4) is 0 Å². The molecule has 0 aliphatic carbocycles. The Balaban J connectivity index is 1.97. The molecule has 1 fully saturated rings. The van der Waals surface area contributed by atoms with E-state index >= 15 is 0 Å². The van der Waals surface area contributed by atoms with Gasteiger partial charge in [0.25, 0.3) is 5.91 Å². The van der Waals surface area contributed by atoms with Crippen molar-refractivity contribution in [2.75, 3.05) is 19.7 Å². The second kappa shape index (κ2) is 5.76. The number of carbonyl (C=O) groups is 1. The lowest BCUT2D eigenvalue weighted by atomic mass is 9.98. The van der Waals surface area contributed by atoms with Crippen LogP contribution in [0.15, 0.2) is 16.5 Å². The van der Waals surface area contributed by atoms with Crippen LogP contribution in [0.25, 0.3) is 11.0 Å². The summed E-state index contributed by atoms with van der Waals surface area (Å²) in [6.45, 7) is 7.51. The van der Waals surface area contributed by atoms with E-state index in [0.29, 0.717) is 12.3 Å². The van der Waals surface area contributed by atoms with Crippen molar-refractivity contribution < 1.29 is 14.3 Å². The molecule has 2 heterocycles. The quantitative estimate of drug-likeness (QED) is 0.926. The maximum atomic E-state index is 12.8. The van der Waals surface area contributed by atoms with Crippen LogP contribution < -0.4 is 0 Å². The molecule has 1 saturated heterocycles. The molecule has 1 aliphatic rings. The van der Waals surface area contributed by atoms with Crippen molar-refractivity contribution in [3.8, 4) is 0 Å². The summed E-state index contributed by atoms with van der Waals surface area (Å²) in [6.07, 6.45) is 1.92. The summed E-state index contributed by atoms with van der Waals surface area (Å²) in [5.41, 5.74) is 3.98. The Labute approximate surface area is 130 Å². The number of amides is 1. The minimum atomic E-state index is -0.0519. The fourth-order valence-electron chi connectivity index (χ4n) is 3.26. The Morgan fingerprint density at radius 3 is 2.82 bits per heavy atom. The number of nitrogens with zero attached hydrogens (tertiary/aromatic N) is 1. The first kappa shape index (κ1) is 15.1. The summed E-state index contributed by atoms with van der Waals surface area (Å²) < 4.78 is 5.94. The topological polar surface area (TPSA) is 53.7 Å². The Kier molecular flexibility index (Phi) is 3.96. The number of carbonyl (C=O) groups excluding carboxylic acids is 1. The fourth-order valence-corrected chi connectivity index (χ4v) is 3.26. The monoisotopic (exact) mass is 301 g/mol. The van der Waals surface area contributed by atoms with E-state index in [4.69, 9.17) is 4.42 Å². The van der Waals surface area contributed by atoms with Gasteiger partial charge in [-0.15, -0.1) is 0 Å². The number of hydrogen-bond donors (Lipinski definition) is 1. The highest BCUT2D eigenvalue weighted by atomic mass is 16.3. The number of piperidine rings is 1. The first-order valence-electron chi connectivity index (χ1n) is 7.92. The number of fused-ring (bicyclic) bond motifs is 1. The van der Waals surface area contributed by atoms with Crippen LogP contribution in [0.1, 0.15) is 40.1 Å². The van der Waals surface area contributed by atoms with E-state index in [1.807, 2.05) is 31.7 Å². The fraction of sp³-hybridized carbons (Fsp3) is 0.500. The van der Waals surface area contributed by atoms with Crippen LogP contribution in [-0.2, 0) is 0 Å². The second-order valence-electron chi connectivity index (χ2n) is 6.38. The van der Waals surface area contributed by atoms with Gasteiger partial charge in [-0.1, -0.05) is 12.1 Å². The van der Waals surface area contributed by atoms with E-state index in [2.05, 4.69) is 6.07 Å². The minimum absolute atomic E-state index is 0.0519. The lowest BCUT2D eigenvalue weighted by Gasteiger charge is -2.31. The molecule has 0 spiro atoms. The molecule has 1 N–H and O–H groups in total. The Bertz CT molecular complexity index is 717. The third kappa shape index (κ3) is 2.41. The molecule has 2 aromatic rings. The van der Waals surface area contributed by atoms with E-state index in [1.165, 1.54) is 5.56 Å². The minimum Gasteiger partial charge on any atom is -0.450 e. The zero-order valence-electron chi connectivity index (χ0n) is 13.5. The molecule has 4 heteroatoms. The highest BCUT2D eigenvalue weighted by Gasteiger charge is 2.28. The van der Waals surface area contributed by atoms with E-state index in [9.17, 15) is 9.90 Å². The number of aliphatic hydroxyl groups excluding tert-OH is 1. The Hall–Kier alpha value is -1.81. The summed E-state index contributed by atoms with van der Waals surface area (Å²) in [4.78, 5) is 14.6. The van der Waals surface area contributed by atoms with Gasteiger partial charge in [0.05, 0.1) is 0 Å². The molecule has 1 unspecified atom stereocenters. The van der Waals surface area contributed by atoms with Crippen LogP contribution in [0, 0.1) is 26.7 Å². The SMILES string of the molecule is Cc1ccc2c(C)c(C(=O)N3CCCC(CO)C3)oc2c1C. The molecule has 1 amide bonds. The van der Waals surface area contributed by atoms with Crippen molar-refractivity contribution in [2.24, 2.45) is 5.92 Å². The normalized spacial score (nSPS) is 18.9. The molecule has 1 aromatic heterocycles. The maximum absolute atomic E-state index is 12.8. The van der Waals surface area contributed by atoms with Gasteiger partial charge in [0, 0.05) is 30.6 Å². The molecule has 1 aromatic carbocycles. The maximum Gasteiger partial charge on any atom is 0.289 e. The zero-order valence-corrected chi connectivity index (χ0v) is 13.5. The van der Waals surface area contributed by atoms with Gasteiger partial charge in [0.15, 0.2) is 5.76 Å². The molecule has 0 bridgehead atoms. The van der Waals surface area contributed by atoms with Crippen molar-refractivity contribution >= 4 is 16.9 Å². The van der Waals surface area contributed by atoms with Crippen molar-refractivity contribution in [1.82, 2.24) is 4.90 Å². The van der Waals surface area contributed by atoms with E-state index < -0.39 is 0 Å². The lowest BCUT2D eigenvalue weighted by molar-refractivity contribution is 0.0591. The molecule has 4 nitrogen and oxygen atoms in total. The molecule has 22 heavy (non-hydrogen) atoms. The van der Waals surface area contributed by atoms with E-state index in [-0.39, 0.29) is 18.4 Å². The summed E-state index contributed by atoms with van der Waals surface area (Å²) >= 11 is 0. The molecule has 0 radical (unpaired) electrons. The number of aliphatic hydroxyl groups is 1. The number of furan rings is 1. The van der Waals surface area contributed by atoms with Gasteiger partial charge >= 0.3 is 0 Å². The predicted octanol–water partition coefficient (Wildman–Crippen LogP) is 3.20. The Morgan fingerprint density at radius 2 is 2.09 bits per heavy atom. The zero-order chi connectivity index (χ0) is 15.9. The van der Waals surface area contributed by atoms with Gasteiger partial charge in [0.1, 0.15) is 5.58 Å². The summed E-state index contributed by atoms with van der Waals surface area (Å²) in [6, 6.07) is 4.09. The van der Waals surface area contributed by atoms with Gasteiger partial charge in [-0.2, -0.15) is 0 Å². The van der Waals surface area contributed by atoms with Crippen molar-refractivity contribution in [3.63, 3.8) is 0 Å². The highest BCUT2D eigenvalue weighted by molar-refractivity contribution is 5.99. The van der Waals surface area contributed by atoms with Crippen molar-refractivity contribution in [3.05, 3.63) is 34.6 Å². The first-order chi connectivity index (χ1) is 10.5. The number of aryl methyl sites for hydroxylation is 3. The van der Waals surface area contributed by atoms with Gasteiger partial charge in [-0.25, -0.2) is 0 Å². The number of benzene rings is 1. The van der Waals surface area contributed by atoms with Crippen LogP contribution in [0.5, 0.6) is 0 Å². The largest absolute Gasteiger partial charge is 0.450 e. The summed E-state index contributed by atoms with van der Waals surface area (Å²) in [7, 11) is 0. The second-order valence-corrected chi connectivity index (χ2v) is 6.38. The van der Waals surface area contributed by atoms with Crippen molar-refractivity contribution in [1.29, 1.82) is 0 Å². The lowest BCUT2D eigenvalue weighted by Crippen LogP contribution is -2.41. The first-order valence-corrected chi connectivity index (χ1v) is 7.92. The average molecular weight is 301 g/mol. The smallest absolute Gasteiger partial charge is 0.289 e. The number of likely N-dealkylation sites (tertiary alicyclic amines) is 1. The van der Waals surface area contributed by atoms with Gasteiger partial charge < -0.3 is 14.4 Å². The average Bonchev–Trinajstić information content (AvgIpc) is 2.88. The van der Waals surface area contributed by atoms with Gasteiger partial charge in [-0.05, 0) is 50.7 Å². The van der Waals surface area contributed by atoms with Gasteiger partial charge in [0.2, 0.25) is 0 Å². The molecule has 1 aliphatic heterocycles. The third-order valence-corrected chi connectivity index (χ3v) is 4.88. The third-order valence-electron chi connectivity index (χ3n) is 4.88. The highest BCUT2D eigenvalue weighted by Crippen LogP contribution is 2.31. The summed E-state index contributed by atoms with van der Waals surface area (Å²) in [5.74, 6) is 0.581. The predicted molar refractivity (Wildman–Crippen MR) is 86.1 cm³/mol. The van der Waals surface area contributed by atoms with Crippen LogP contribution >= 0.6 is 0 Å². The molecular weight excluding hydrogens is 278 g/mol. The molecule has 1 atom stereocenters. The van der Waals surface area contributed by atoms with E-state index in [1.54, 1.807) is 0 Å². The van der Waals surface area contributed by atoms with Crippen LogP contribution in [0.2, 0.25) is 0 Å². The van der Waals surface area contributed by atoms with Gasteiger partial charge in [-0.3, -0.25) is 4.79 Å². The van der Waals surface area contributed by atoms with Crippen LogP contribution in [-0.4, -0.2) is 35.6 Å². The summed E-state index contributed by atoms with van der Waals surface area (Å²) in [5, 5.41) is 10.4. The molecule has 0 saturated carbocycles. The molecule has 118 valence electrons. The van der Waals surface area contributed by atoms with Crippen molar-refractivity contribution in [2.45, 2.75) is 33.6 Å². The Morgan fingerprint density at radius 1 is 1.32 bits per heavy atom. The standard InChI is InChI=1S/C18H23NO3/c1-11-6-7-15-13(3)17(22-16(15)12(11)2)18(21)19-8-4-5-14(9-19)10-20/h6-7,14,20H,4-5,8-10H2,1-3H3.